The number of thiazole rings is 1. The zero-order valence-corrected chi connectivity index (χ0v) is 12.0. The topological polar surface area (TPSA) is 51.8 Å². The molecule has 0 saturated carbocycles. The molecular formula is C14H13N3S2. The molecule has 3 rings (SSSR count). The van der Waals surface area contributed by atoms with E-state index in [0.717, 1.165) is 20.4 Å². The monoisotopic (exact) mass is 287 g/mol. The van der Waals surface area contributed by atoms with Gasteiger partial charge in [-0.15, -0.1) is 11.3 Å². The predicted molar refractivity (Wildman–Crippen MR) is 80.6 cm³/mol. The molecule has 0 spiro atoms. The number of nitrogens with zero attached hydrogens (tertiary/aromatic N) is 2. The molecule has 2 aromatic heterocycles. The van der Waals surface area contributed by atoms with Crippen LogP contribution in [-0.4, -0.2) is 9.97 Å². The first-order chi connectivity index (χ1) is 9.24. The third-order valence-corrected chi connectivity index (χ3v) is 4.88. The van der Waals surface area contributed by atoms with Gasteiger partial charge in [-0.25, -0.2) is 9.97 Å². The third kappa shape index (κ3) is 2.63. The quantitative estimate of drug-likeness (QED) is 0.794. The molecule has 3 nitrogen and oxygen atoms in total. The summed E-state index contributed by atoms with van der Waals surface area (Å²) in [4.78, 5) is 9.02. The zero-order valence-electron chi connectivity index (χ0n) is 10.4. The van der Waals surface area contributed by atoms with E-state index >= 15 is 0 Å². The lowest BCUT2D eigenvalue weighted by atomic mass is 10.2. The SMILES string of the molecule is CC(N)c1cccnc1Sc1nc2ccccc2s1. The van der Waals surface area contributed by atoms with Crippen LogP contribution >= 0.6 is 23.1 Å². The normalized spacial score (nSPS) is 12.7. The summed E-state index contributed by atoms with van der Waals surface area (Å²) in [6.45, 7) is 1.97. The summed E-state index contributed by atoms with van der Waals surface area (Å²) in [6.07, 6.45) is 1.79. The fourth-order valence-corrected chi connectivity index (χ4v) is 3.98. The average molecular weight is 287 g/mol. The van der Waals surface area contributed by atoms with Gasteiger partial charge in [-0.05, 0) is 36.9 Å². The number of hydrogen-bond donors (Lipinski definition) is 1. The van der Waals surface area contributed by atoms with Crippen molar-refractivity contribution in [1.82, 2.24) is 9.97 Å². The summed E-state index contributed by atoms with van der Waals surface area (Å²) >= 11 is 3.27. The van der Waals surface area contributed by atoms with Crippen molar-refractivity contribution in [1.29, 1.82) is 0 Å². The number of rotatable bonds is 3. The Balaban J connectivity index is 1.97. The van der Waals surface area contributed by atoms with Crippen LogP contribution in [0, 0.1) is 0 Å². The molecule has 0 radical (unpaired) electrons. The molecule has 0 amide bonds. The second kappa shape index (κ2) is 5.28. The molecule has 0 aliphatic rings. The van der Waals surface area contributed by atoms with Gasteiger partial charge < -0.3 is 5.73 Å². The molecular weight excluding hydrogens is 274 g/mol. The van der Waals surface area contributed by atoms with Crippen molar-refractivity contribution in [3.63, 3.8) is 0 Å². The van der Waals surface area contributed by atoms with Crippen molar-refractivity contribution in [2.75, 3.05) is 0 Å². The van der Waals surface area contributed by atoms with Crippen molar-refractivity contribution in [2.24, 2.45) is 5.73 Å². The van der Waals surface area contributed by atoms with Crippen molar-refractivity contribution >= 4 is 33.3 Å². The third-order valence-electron chi connectivity index (χ3n) is 2.75. The highest BCUT2D eigenvalue weighted by atomic mass is 32.2. The van der Waals surface area contributed by atoms with Gasteiger partial charge in [0.2, 0.25) is 0 Å². The first-order valence-corrected chi connectivity index (χ1v) is 7.61. The van der Waals surface area contributed by atoms with Gasteiger partial charge in [-0.2, -0.15) is 0 Å². The molecule has 1 aromatic carbocycles. The molecule has 2 N–H and O–H groups in total. The summed E-state index contributed by atoms with van der Waals surface area (Å²) in [5, 5.41) is 0.941. The highest BCUT2D eigenvalue weighted by Crippen LogP contribution is 2.35. The molecule has 96 valence electrons. The Morgan fingerprint density at radius 3 is 2.84 bits per heavy atom. The highest BCUT2D eigenvalue weighted by molar-refractivity contribution is 8.01. The number of hydrogen-bond acceptors (Lipinski definition) is 5. The molecule has 0 fully saturated rings. The second-order valence-corrected chi connectivity index (χ2v) is 6.50. The molecule has 0 bridgehead atoms. The van der Waals surface area contributed by atoms with E-state index < -0.39 is 0 Å². The van der Waals surface area contributed by atoms with Gasteiger partial charge in [0.15, 0.2) is 4.34 Å². The fourth-order valence-electron chi connectivity index (χ4n) is 1.81. The van der Waals surface area contributed by atoms with Gasteiger partial charge in [-0.3, -0.25) is 0 Å². The maximum atomic E-state index is 5.97. The number of pyridine rings is 1. The Morgan fingerprint density at radius 2 is 2.05 bits per heavy atom. The Kier molecular flexibility index (Phi) is 3.50. The molecule has 0 saturated heterocycles. The number of nitrogens with two attached hydrogens (primary N) is 1. The number of para-hydroxylation sites is 1. The molecule has 19 heavy (non-hydrogen) atoms. The van der Waals surface area contributed by atoms with Gasteiger partial charge in [0.25, 0.3) is 0 Å². The minimum absolute atomic E-state index is 0.0226. The summed E-state index contributed by atoms with van der Waals surface area (Å²) in [5.74, 6) is 0. The lowest BCUT2D eigenvalue weighted by Gasteiger charge is -2.09. The molecule has 2 heterocycles. The van der Waals surface area contributed by atoms with Crippen molar-refractivity contribution in [3.05, 3.63) is 48.2 Å². The molecule has 3 aromatic rings. The molecule has 0 aliphatic heterocycles. The van der Waals surface area contributed by atoms with E-state index in [1.54, 1.807) is 29.3 Å². The van der Waals surface area contributed by atoms with E-state index in [-0.39, 0.29) is 6.04 Å². The number of fused-ring (bicyclic) bond motifs is 1. The predicted octanol–water partition coefficient (Wildman–Crippen LogP) is 3.86. The van der Waals surface area contributed by atoms with Crippen molar-refractivity contribution < 1.29 is 0 Å². The number of aromatic nitrogens is 2. The Labute approximate surface area is 119 Å². The summed E-state index contributed by atoms with van der Waals surface area (Å²) < 4.78 is 2.20. The van der Waals surface area contributed by atoms with E-state index in [1.807, 2.05) is 37.3 Å². The number of benzene rings is 1. The van der Waals surface area contributed by atoms with Crippen LogP contribution in [-0.2, 0) is 0 Å². The average Bonchev–Trinajstić information content (AvgIpc) is 2.81. The molecule has 1 atom stereocenters. The van der Waals surface area contributed by atoms with E-state index in [0.29, 0.717) is 0 Å². The summed E-state index contributed by atoms with van der Waals surface area (Å²) in [7, 11) is 0. The minimum Gasteiger partial charge on any atom is -0.324 e. The van der Waals surface area contributed by atoms with Gasteiger partial charge in [0.05, 0.1) is 10.2 Å². The maximum Gasteiger partial charge on any atom is 0.157 e. The van der Waals surface area contributed by atoms with E-state index in [9.17, 15) is 0 Å². The fraction of sp³-hybridized carbons (Fsp3) is 0.143. The molecule has 5 heteroatoms. The molecule has 1 unspecified atom stereocenters. The smallest absolute Gasteiger partial charge is 0.157 e. The molecule has 0 aliphatic carbocycles. The Bertz CT molecular complexity index is 673. The second-order valence-electron chi connectivity index (χ2n) is 4.24. The van der Waals surface area contributed by atoms with Crippen LogP contribution < -0.4 is 5.73 Å². The Hall–Kier alpha value is -1.43. The van der Waals surface area contributed by atoms with Crippen LogP contribution in [0.1, 0.15) is 18.5 Å². The maximum absolute atomic E-state index is 5.97. The van der Waals surface area contributed by atoms with E-state index in [2.05, 4.69) is 16.0 Å². The van der Waals surface area contributed by atoms with Crippen LogP contribution in [0.3, 0.4) is 0 Å². The lowest BCUT2D eigenvalue weighted by Crippen LogP contribution is -2.06. The summed E-state index contributed by atoms with van der Waals surface area (Å²) in [5.41, 5.74) is 8.07. The van der Waals surface area contributed by atoms with Gasteiger partial charge >= 0.3 is 0 Å². The van der Waals surface area contributed by atoms with Crippen LogP contribution in [0.4, 0.5) is 0 Å². The van der Waals surface area contributed by atoms with Crippen molar-refractivity contribution in [3.8, 4) is 0 Å². The minimum atomic E-state index is -0.0226. The van der Waals surface area contributed by atoms with E-state index in [4.69, 9.17) is 5.73 Å². The summed E-state index contributed by atoms with van der Waals surface area (Å²) in [6, 6.07) is 12.1. The van der Waals surface area contributed by atoms with E-state index in [1.165, 1.54) is 4.70 Å². The first-order valence-electron chi connectivity index (χ1n) is 5.98. The lowest BCUT2D eigenvalue weighted by molar-refractivity contribution is 0.779. The largest absolute Gasteiger partial charge is 0.324 e. The van der Waals surface area contributed by atoms with Gasteiger partial charge in [0.1, 0.15) is 5.03 Å². The standard InChI is InChI=1S/C14H13N3S2/c1-9(15)10-5-4-8-16-13(10)19-14-17-11-6-2-3-7-12(11)18-14/h2-9H,15H2,1H3. The van der Waals surface area contributed by atoms with Crippen LogP contribution in [0.5, 0.6) is 0 Å². The van der Waals surface area contributed by atoms with Crippen LogP contribution in [0.2, 0.25) is 0 Å². The van der Waals surface area contributed by atoms with Crippen molar-refractivity contribution in [2.45, 2.75) is 22.3 Å². The highest BCUT2D eigenvalue weighted by Gasteiger charge is 2.11. The zero-order chi connectivity index (χ0) is 13.2. The van der Waals surface area contributed by atoms with Gasteiger partial charge in [-0.1, -0.05) is 18.2 Å². The Morgan fingerprint density at radius 1 is 1.21 bits per heavy atom. The van der Waals surface area contributed by atoms with Gasteiger partial charge in [0, 0.05) is 17.8 Å². The van der Waals surface area contributed by atoms with Crippen LogP contribution in [0.15, 0.2) is 52.0 Å². The van der Waals surface area contributed by atoms with Crippen LogP contribution in [0.25, 0.3) is 10.2 Å². The first kappa shape index (κ1) is 12.6.